The molecule has 0 unspecified atom stereocenters. The highest BCUT2D eigenvalue weighted by Crippen LogP contribution is 2.35. The average Bonchev–Trinajstić information content (AvgIpc) is 3.21. The van der Waals surface area contributed by atoms with Gasteiger partial charge in [0.25, 0.3) is 5.91 Å². The van der Waals surface area contributed by atoms with Gasteiger partial charge in [0.2, 0.25) is 0 Å². The van der Waals surface area contributed by atoms with Gasteiger partial charge in [-0.05, 0) is 37.0 Å². The second kappa shape index (κ2) is 7.50. The average molecular weight is 383 g/mol. The largest absolute Gasteiger partial charge is 0.497 e. The van der Waals surface area contributed by atoms with Gasteiger partial charge in [-0.3, -0.25) is 4.79 Å². The second-order valence-corrected chi connectivity index (χ2v) is 6.89. The molecular weight excluding hydrogens is 361 g/mol. The highest BCUT2D eigenvalue weighted by atomic mass is 19.1. The zero-order valence-electron chi connectivity index (χ0n) is 15.9. The van der Waals surface area contributed by atoms with Crippen LogP contribution in [0.25, 0.3) is 11.0 Å². The van der Waals surface area contributed by atoms with Crippen LogP contribution in [0.1, 0.15) is 34.7 Å². The molecule has 2 aromatic heterocycles. The number of carbonyl (C=O) groups is 1. The maximum atomic E-state index is 14.5. The van der Waals surface area contributed by atoms with E-state index in [2.05, 4.69) is 9.97 Å². The van der Waals surface area contributed by atoms with E-state index in [1.54, 1.807) is 36.4 Å². The molecular formula is C21H22FN3O3. The van der Waals surface area contributed by atoms with Gasteiger partial charge in [0.15, 0.2) is 0 Å². The normalized spacial score (nSPS) is 15.0. The Hall–Kier alpha value is -3.09. The molecule has 0 spiro atoms. The van der Waals surface area contributed by atoms with Gasteiger partial charge in [0.05, 0.1) is 26.0 Å². The summed E-state index contributed by atoms with van der Waals surface area (Å²) in [5.41, 5.74) is 1.89. The van der Waals surface area contributed by atoms with Crippen LogP contribution in [0.2, 0.25) is 0 Å². The second-order valence-electron chi connectivity index (χ2n) is 6.89. The summed E-state index contributed by atoms with van der Waals surface area (Å²) >= 11 is 0. The van der Waals surface area contributed by atoms with Crippen molar-refractivity contribution in [3.05, 3.63) is 53.6 Å². The van der Waals surface area contributed by atoms with Crippen LogP contribution in [-0.4, -0.2) is 48.1 Å². The van der Waals surface area contributed by atoms with Crippen LogP contribution in [0.3, 0.4) is 0 Å². The van der Waals surface area contributed by atoms with Crippen molar-refractivity contribution in [2.45, 2.75) is 18.8 Å². The van der Waals surface area contributed by atoms with E-state index in [4.69, 9.17) is 9.47 Å². The first kappa shape index (κ1) is 18.3. The fourth-order valence-corrected chi connectivity index (χ4v) is 3.94. The zero-order chi connectivity index (χ0) is 19.7. The Kier molecular flexibility index (Phi) is 4.90. The van der Waals surface area contributed by atoms with E-state index in [1.807, 2.05) is 6.07 Å². The molecule has 0 radical (unpaired) electrons. The van der Waals surface area contributed by atoms with Crippen molar-refractivity contribution >= 4 is 16.9 Å². The third-order valence-electron chi connectivity index (χ3n) is 5.41. The predicted molar refractivity (Wildman–Crippen MR) is 103 cm³/mol. The number of aromatic nitrogens is 2. The van der Waals surface area contributed by atoms with E-state index in [0.717, 1.165) is 5.39 Å². The molecule has 1 saturated heterocycles. The molecule has 1 amide bonds. The number of H-pyrrole nitrogens is 1. The number of piperidine rings is 1. The number of carbonyl (C=O) groups excluding carboxylic acids is 1. The number of pyridine rings is 1. The summed E-state index contributed by atoms with van der Waals surface area (Å²) < 4.78 is 25.0. The molecule has 0 aliphatic carbocycles. The van der Waals surface area contributed by atoms with Crippen LogP contribution >= 0.6 is 0 Å². The molecule has 1 fully saturated rings. The van der Waals surface area contributed by atoms with Crippen LogP contribution in [0.5, 0.6) is 11.5 Å². The summed E-state index contributed by atoms with van der Waals surface area (Å²) in [5, 5.41) is 0.821. The molecule has 1 N–H and O–H groups in total. The maximum Gasteiger partial charge on any atom is 0.257 e. The minimum absolute atomic E-state index is 0.0584. The van der Waals surface area contributed by atoms with Gasteiger partial charge in [0, 0.05) is 36.3 Å². The summed E-state index contributed by atoms with van der Waals surface area (Å²) in [6.07, 6.45) is 4.44. The number of nitrogens with zero attached hydrogens (tertiary/aromatic N) is 2. The highest BCUT2D eigenvalue weighted by Gasteiger charge is 2.29. The third kappa shape index (κ3) is 3.17. The van der Waals surface area contributed by atoms with Gasteiger partial charge in [-0.25, -0.2) is 9.37 Å². The van der Waals surface area contributed by atoms with Crippen molar-refractivity contribution in [1.29, 1.82) is 0 Å². The summed E-state index contributed by atoms with van der Waals surface area (Å²) in [7, 11) is 3.10. The Bertz CT molecular complexity index is 1010. The first-order chi connectivity index (χ1) is 13.6. The standard InChI is InChI=1S/C21H22FN3O3/c1-27-14-3-4-15(18(11-14)28-2)21(26)25-9-6-13(7-10-25)19-16-5-8-23-20(16)24-12-17(19)22/h3-5,8,11-13H,6-7,9-10H2,1-2H3,(H,23,24). The van der Waals surface area contributed by atoms with Crippen LogP contribution in [0, 0.1) is 5.82 Å². The van der Waals surface area contributed by atoms with Crippen molar-refractivity contribution in [1.82, 2.24) is 14.9 Å². The lowest BCUT2D eigenvalue weighted by Crippen LogP contribution is -2.38. The zero-order valence-corrected chi connectivity index (χ0v) is 15.9. The first-order valence-electron chi connectivity index (χ1n) is 9.25. The van der Waals surface area contributed by atoms with Gasteiger partial charge in [-0.2, -0.15) is 0 Å². The molecule has 4 rings (SSSR count). The molecule has 146 valence electrons. The SMILES string of the molecule is COc1ccc(C(=O)N2CCC(c3c(F)cnc4[nH]ccc34)CC2)c(OC)c1. The Morgan fingerprint density at radius 1 is 1.21 bits per heavy atom. The number of halogens is 1. The molecule has 0 saturated carbocycles. The molecule has 3 heterocycles. The monoisotopic (exact) mass is 383 g/mol. The Morgan fingerprint density at radius 2 is 2.00 bits per heavy atom. The van der Waals surface area contributed by atoms with Crippen molar-refractivity contribution < 1.29 is 18.7 Å². The lowest BCUT2D eigenvalue weighted by atomic mass is 9.87. The first-order valence-corrected chi connectivity index (χ1v) is 9.25. The molecule has 3 aromatic rings. The number of hydrogen-bond acceptors (Lipinski definition) is 4. The van der Waals surface area contributed by atoms with Crippen molar-refractivity contribution in [2.75, 3.05) is 27.3 Å². The summed E-state index contributed by atoms with van der Waals surface area (Å²) in [6.45, 7) is 1.12. The molecule has 1 aliphatic heterocycles. The van der Waals surface area contributed by atoms with E-state index >= 15 is 0 Å². The molecule has 6 nitrogen and oxygen atoms in total. The number of benzene rings is 1. The molecule has 7 heteroatoms. The van der Waals surface area contributed by atoms with Gasteiger partial charge < -0.3 is 19.4 Å². The van der Waals surface area contributed by atoms with Crippen molar-refractivity contribution in [3.8, 4) is 11.5 Å². The molecule has 28 heavy (non-hydrogen) atoms. The fourth-order valence-electron chi connectivity index (χ4n) is 3.94. The van der Waals surface area contributed by atoms with E-state index in [1.165, 1.54) is 13.3 Å². The Labute approximate surface area is 162 Å². The Morgan fingerprint density at radius 3 is 2.71 bits per heavy atom. The number of fused-ring (bicyclic) bond motifs is 1. The minimum Gasteiger partial charge on any atom is -0.497 e. The molecule has 0 bridgehead atoms. The van der Waals surface area contributed by atoms with Crippen molar-refractivity contribution in [2.24, 2.45) is 0 Å². The summed E-state index contributed by atoms with van der Waals surface area (Å²) in [5.74, 6) is 0.813. The molecule has 1 aliphatic rings. The van der Waals surface area contributed by atoms with Crippen LogP contribution in [-0.2, 0) is 0 Å². The number of likely N-dealkylation sites (tertiary alicyclic amines) is 1. The van der Waals surface area contributed by atoms with E-state index in [9.17, 15) is 9.18 Å². The van der Waals surface area contributed by atoms with Gasteiger partial charge in [-0.15, -0.1) is 0 Å². The lowest BCUT2D eigenvalue weighted by Gasteiger charge is -2.33. The quantitative estimate of drug-likeness (QED) is 0.745. The Balaban J connectivity index is 1.52. The number of amides is 1. The third-order valence-corrected chi connectivity index (χ3v) is 5.41. The van der Waals surface area contributed by atoms with Crippen LogP contribution in [0.4, 0.5) is 4.39 Å². The van der Waals surface area contributed by atoms with Gasteiger partial charge >= 0.3 is 0 Å². The lowest BCUT2D eigenvalue weighted by molar-refractivity contribution is 0.0709. The maximum absolute atomic E-state index is 14.5. The van der Waals surface area contributed by atoms with E-state index in [-0.39, 0.29) is 17.6 Å². The van der Waals surface area contributed by atoms with Gasteiger partial charge in [0.1, 0.15) is 23.0 Å². The van der Waals surface area contributed by atoms with E-state index in [0.29, 0.717) is 54.2 Å². The van der Waals surface area contributed by atoms with Crippen molar-refractivity contribution in [3.63, 3.8) is 0 Å². The summed E-state index contributed by atoms with van der Waals surface area (Å²) in [4.78, 5) is 21.9. The topological polar surface area (TPSA) is 67.5 Å². The van der Waals surface area contributed by atoms with E-state index < -0.39 is 0 Å². The number of aromatic amines is 1. The smallest absolute Gasteiger partial charge is 0.257 e. The molecule has 0 atom stereocenters. The number of rotatable bonds is 4. The fraction of sp³-hybridized carbons (Fsp3) is 0.333. The highest BCUT2D eigenvalue weighted by molar-refractivity contribution is 5.97. The number of ether oxygens (including phenoxy) is 2. The predicted octanol–water partition coefficient (Wildman–Crippen LogP) is 3.74. The number of hydrogen-bond donors (Lipinski definition) is 1. The number of nitrogens with one attached hydrogen (secondary N) is 1. The van der Waals surface area contributed by atoms with Gasteiger partial charge in [-0.1, -0.05) is 0 Å². The number of methoxy groups -OCH3 is 2. The molecule has 1 aromatic carbocycles. The van der Waals surface area contributed by atoms with Crippen LogP contribution in [0.15, 0.2) is 36.7 Å². The van der Waals surface area contributed by atoms with Crippen LogP contribution < -0.4 is 9.47 Å². The summed E-state index contributed by atoms with van der Waals surface area (Å²) in [6, 6.07) is 7.03. The minimum atomic E-state index is -0.284.